The highest BCUT2D eigenvalue weighted by Crippen LogP contribution is 2.48. The van der Waals surface area contributed by atoms with Crippen LogP contribution in [-0.4, -0.2) is 41.9 Å². The quantitative estimate of drug-likeness (QED) is 0.211. The normalized spacial score (nSPS) is 22.3. The van der Waals surface area contributed by atoms with Gasteiger partial charge in [-0.25, -0.2) is 14.2 Å². The van der Waals surface area contributed by atoms with E-state index in [2.05, 4.69) is 15.0 Å². The molecular formula is C28H24Cl2FN3O4S. The number of esters is 1. The first-order valence-corrected chi connectivity index (χ1v) is 14.5. The van der Waals surface area contributed by atoms with Gasteiger partial charge in [0, 0.05) is 35.5 Å². The maximum Gasteiger partial charge on any atom is 0.338 e. The Kier molecular flexibility index (Phi) is 6.30. The Hall–Kier alpha value is -2.72. The third kappa shape index (κ3) is 4.40. The lowest BCUT2D eigenvalue weighted by molar-refractivity contribution is 0.0122. The van der Waals surface area contributed by atoms with E-state index in [0.29, 0.717) is 44.4 Å². The van der Waals surface area contributed by atoms with E-state index in [0.717, 1.165) is 48.7 Å². The number of hydrogen-bond acceptors (Lipinski definition) is 8. The number of halogens is 3. The van der Waals surface area contributed by atoms with Crippen molar-refractivity contribution in [2.24, 2.45) is 5.92 Å². The van der Waals surface area contributed by atoms with Gasteiger partial charge in [0.05, 0.1) is 40.1 Å². The van der Waals surface area contributed by atoms with Crippen molar-refractivity contribution in [1.82, 2.24) is 10.1 Å². The van der Waals surface area contributed by atoms with Gasteiger partial charge < -0.3 is 18.9 Å². The van der Waals surface area contributed by atoms with E-state index in [1.165, 1.54) is 24.5 Å². The standard InChI is InChI=1S/C28H24Cl2FN3O4S/c1-36-27(35)14-8-20(31)25-22(9-14)39-28(32-25)34-11-15-7-16(34)10-21(15)37-12-17-24(33-38-26(17)13-5-6-13)23-18(29)3-2-4-19(23)30/h2-4,8-9,13,15-16,21H,5-7,10-12H2,1H3. The van der Waals surface area contributed by atoms with Gasteiger partial charge >= 0.3 is 5.97 Å². The van der Waals surface area contributed by atoms with E-state index in [4.69, 9.17) is 37.2 Å². The summed E-state index contributed by atoms with van der Waals surface area (Å²) in [6, 6.07) is 8.49. The predicted molar refractivity (Wildman–Crippen MR) is 147 cm³/mol. The highest BCUT2D eigenvalue weighted by molar-refractivity contribution is 7.22. The topological polar surface area (TPSA) is 77.7 Å². The molecule has 7 rings (SSSR count). The fourth-order valence-corrected chi connectivity index (χ4v) is 7.60. The zero-order valence-corrected chi connectivity index (χ0v) is 23.3. The second-order valence-corrected chi connectivity index (χ2v) is 12.2. The zero-order valence-electron chi connectivity index (χ0n) is 21.0. The van der Waals surface area contributed by atoms with Gasteiger partial charge in [-0.3, -0.25) is 0 Å². The summed E-state index contributed by atoms with van der Waals surface area (Å²) in [6.07, 6.45) is 4.07. The molecule has 0 amide bonds. The van der Waals surface area contributed by atoms with Crippen LogP contribution >= 0.6 is 34.5 Å². The summed E-state index contributed by atoms with van der Waals surface area (Å²) >= 11 is 14.4. The van der Waals surface area contributed by atoms with Crippen LogP contribution in [0.15, 0.2) is 34.9 Å². The largest absolute Gasteiger partial charge is 0.465 e. The fourth-order valence-electron chi connectivity index (χ4n) is 5.92. The first kappa shape index (κ1) is 25.3. The van der Waals surface area contributed by atoms with E-state index < -0.39 is 11.8 Å². The van der Waals surface area contributed by atoms with Crippen LogP contribution in [0.25, 0.3) is 21.5 Å². The van der Waals surface area contributed by atoms with Crippen molar-refractivity contribution in [3.05, 3.63) is 63.1 Å². The van der Waals surface area contributed by atoms with Gasteiger partial charge in [-0.15, -0.1) is 0 Å². The third-order valence-corrected chi connectivity index (χ3v) is 9.66. The van der Waals surface area contributed by atoms with Gasteiger partial charge in [0.15, 0.2) is 10.9 Å². The van der Waals surface area contributed by atoms with Crippen molar-refractivity contribution >= 4 is 55.9 Å². The molecule has 7 nitrogen and oxygen atoms in total. The molecule has 3 aliphatic rings. The molecule has 3 fully saturated rings. The number of carbonyl (C=O) groups excluding carboxylic acids is 1. The molecule has 11 heteroatoms. The zero-order chi connectivity index (χ0) is 26.8. The molecule has 4 aromatic rings. The molecule has 202 valence electrons. The molecule has 2 bridgehead atoms. The number of ether oxygens (including phenoxy) is 2. The molecule has 0 spiro atoms. The number of aromatic nitrogens is 2. The van der Waals surface area contributed by atoms with E-state index in [1.54, 1.807) is 18.2 Å². The van der Waals surface area contributed by atoms with Crippen LogP contribution in [0.5, 0.6) is 0 Å². The SMILES string of the molecule is COC(=O)c1cc(F)c2nc(N3CC4CC3CC4OCc3c(-c4c(Cl)cccc4Cl)noc3C3CC3)sc2c1. The molecule has 3 unspecified atom stereocenters. The summed E-state index contributed by atoms with van der Waals surface area (Å²) in [5.74, 6) is 0.475. The third-order valence-electron chi connectivity index (χ3n) is 7.99. The Bertz CT molecular complexity index is 1580. The molecule has 1 aliphatic heterocycles. The lowest BCUT2D eigenvalue weighted by atomic mass is 10.0. The average molecular weight is 588 g/mol. The molecule has 0 radical (unpaired) electrons. The molecule has 1 saturated heterocycles. The molecular weight excluding hydrogens is 564 g/mol. The summed E-state index contributed by atoms with van der Waals surface area (Å²) < 4.78 is 32.4. The highest BCUT2D eigenvalue weighted by Gasteiger charge is 2.46. The summed E-state index contributed by atoms with van der Waals surface area (Å²) in [5, 5.41) is 6.19. The number of fused-ring (bicyclic) bond motifs is 3. The van der Waals surface area contributed by atoms with Gasteiger partial charge in [0.2, 0.25) is 0 Å². The number of methoxy groups -OCH3 is 1. The van der Waals surface area contributed by atoms with Crippen molar-refractivity contribution in [2.75, 3.05) is 18.6 Å². The number of hydrogen-bond donors (Lipinski definition) is 0. The van der Waals surface area contributed by atoms with Crippen LogP contribution in [0.3, 0.4) is 0 Å². The van der Waals surface area contributed by atoms with Gasteiger partial charge in [0.1, 0.15) is 17.0 Å². The molecule has 2 saturated carbocycles. The van der Waals surface area contributed by atoms with E-state index in [1.807, 2.05) is 6.07 Å². The lowest BCUT2D eigenvalue weighted by Crippen LogP contribution is -2.38. The molecule has 3 atom stereocenters. The summed E-state index contributed by atoms with van der Waals surface area (Å²) in [4.78, 5) is 18.7. The smallest absolute Gasteiger partial charge is 0.338 e. The lowest BCUT2D eigenvalue weighted by Gasteiger charge is -2.31. The molecule has 2 aliphatic carbocycles. The maximum atomic E-state index is 14.7. The van der Waals surface area contributed by atoms with Crippen LogP contribution in [0, 0.1) is 11.7 Å². The minimum absolute atomic E-state index is 0.0832. The summed E-state index contributed by atoms with van der Waals surface area (Å²) in [6.45, 7) is 1.16. The summed E-state index contributed by atoms with van der Waals surface area (Å²) in [5.41, 5.74) is 2.72. The minimum atomic E-state index is -0.566. The van der Waals surface area contributed by atoms with Crippen LogP contribution < -0.4 is 4.90 Å². The maximum absolute atomic E-state index is 14.7. The van der Waals surface area contributed by atoms with Crippen molar-refractivity contribution in [1.29, 1.82) is 0 Å². The number of piperidine rings is 1. The first-order chi connectivity index (χ1) is 18.9. The Morgan fingerprint density at radius 1 is 1.23 bits per heavy atom. The molecule has 2 aromatic carbocycles. The van der Waals surface area contributed by atoms with Crippen molar-refractivity contribution in [3.63, 3.8) is 0 Å². The van der Waals surface area contributed by atoms with Crippen molar-refractivity contribution in [3.8, 4) is 11.3 Å². The Morgan fingerprint density at radius 3 is 2.72 bits per heavy atom. The van der Waals surface area contributed by atoms with E-state index in [-0.39, 0.29) is 23.2 Å². The molecule has 3 heterocycles. The van der Waals surface area contributed by atoms with E-state index in [9.17, 15) is 9.18 Å². The molecule has 0 N–H and O–H groups in total. The summed E-state index contributed by atoms with van der Waals surface area (Å²) in [7, 11) is 1.28. The van der Waals surface area contributed by atoms with Gasteiger partial charge in [-0.1, -0.05) is 45.8 Å². The van der Waals surface area contributed by atoms with Crippen LogP contribution in [0.1, 0.15) is 53.3 Å². The second-order valence-electron chi connectivity index (χ2n) is 10.4. The minimum Gasteiger partial charge on any atom is -0.465 e. The number of nitrogens with zero attached hydrogens (tertiary/aromatic N) is 3. The first-order valence-electron chi connectivity index (χ1n) is 12.9. The Morgan fingerprint density at radius 2 is 2.03 bits per heavy atom. The van der Waals surface area contributed by atoms with Crippen molar-refractivity contribution < 1.29 is 23.2 Å². The van der Waals surface area contributed by atoms with Gasteiger partial charge in [-0.05, 0) is 49.9 Å². The molecule has 2 aromatic heterocycles. The van der Waals surface area contributed by atoms with Gasteiger partial charge in [0.25, 0.3) is 0 Å². The average Bonchev–Trinajstić information content (AvgIpc) is 3.24. The predicted octanol–water partition coefficient (Wildman–Crippen LogP) is 7.25. The number of anilines is 1. The highest BCUT2D eigenvalue weighted by atomic mass is 35.5. The van der Waals surface area contributed by atoms with Gasteiger partial charge in [-0.2, -0.15) is 0 Å². The monoisotopic (exact) mass is 587 g/mol. The number of rotatable bonds is 7. The van der Waals surface area contributed by atoms with Crippen LogP contribution in [-0.2, 0) is 16.1 Å². The number of carbonyl (C=O) groups is 1. The van der Waals surface area contributed by atoms with Crippen LogP contribution in [0.4, 0.5) is 9.52 Å². The fraction of sp³-hybridized carbons (Fsp3) is 0.393. The van der Waals surface area contributed by atoms with E-state index >= 15 is 0 Å². The van der Waals surface area contributed by atoms with Crippen LogP contribution in [0.2, 0.25) is 10.0 Å². The second kappa shape index (κ2) is 9.73. The van der Waals surface area contributed by atoms with Crippen molar-refractivity contribution in [2.45, 2.75) is 50.4 Å². The molecule has 39 heavy (non-hydrogen) atoms. The number of thiazole rings is 1. The number of benzene rings is 2. The Labute approximate surface area is 237 Å². The Balaban J connectivity index is 1.08.